The van der Waals surface area contributed by atoms with Gasteiger partial charge in [0.25, 0.3) is 0 Å². The fourth-order valence-electron chi connectivity index (χ4n) is 2.76. The molecule has 7 heteroatoms. The van der Waals surface area contributed by atoms with Crippen LogP contribution in [0.2, 0.25) is 0 Å². The van der Waals surface area contributed by atoms with Gasteiger partial charge in [0.15, 0.2) is 0 Å². The van der Waals surface area contributed by atoms with E-state index in [-0.39, 0.29) is 31.0 Å². The van der Waals surface area contributed by atoms with E-state index in [0.717, 1.165) is 5.56 Å². The van der Waals surface area contributed by atoms with Crippen molar-refractivity contribution in [3.63, 3.8) is 0 Å². The Morgan fingerprint density at radius 3 is 2.48 bits per heavy atom. The number of benzene rings is 2. The largest absolute Gasteiger partial charge is 0.492 e. The molecule has 0 aliphatic carbocycles. The van der Waals surface area contributed by atoms with Gasteiger partial charge in [0.05, 0.1) is 5.69 Å². The normalized spacial score (nSPS) is 12.9. The van der Waals surface area contributed by atoms with E-state index < -0.39 is 11.4 Å². The highest BCUT2D eigenvalue weighted by Gasteiger charge is 2.36. The summed E-state index contributed by atoms with van der Waals surface area (Å²) in [5.41, 5.74) is -0.0132. The maximum Gasteiger partial charge on any atom is 0.313 e. The molecule has 150 valence electrons. The molecule has 1 heterocycles. The van der Waals surface area contributed by atoms with Crippen molar-refractivity contribution in [2.45, 2.75) is 19.8 Å². The number of carbonyl (C=O) groups is 2. The summed E-state index contributed by atoms with van der Waals surface area (Å²) in [6.07, 6.45) is -0.134. The lowest BCUT2D eigenvalue weighted by Crippen LogP contribution is -2.36. The first-order chi connectivity index (χ1) is 13.9. The third-order valence-electron chi connectivity index (χ3n) is 4.43. The van der Waals surface area contributed by atoms with E-state index in [2.05, 4.69) is 4.98 Å². The molecule has 0 aliphatic heterocycles. The quantitative estimate of drug-likeness (QED) is 0.554. The zero-order chi connectivity index (χ0) is 20.9. The monoisotopic (exact) mass is 413 g/mol. The number of para-hydroxylation sites is 1. The van der Waals surface area contributed by atoms with Crippen molar-refractivity contribution in [3.05, 3.63) is 71.5 Å². The first kappa shape index (κ1) is 20.7. The van der Waals surface area contributed by atoms with E-state index in [0.29, 0.717) is 16.5 Å². The van der Waals surface area contributed by atoms with Crippen LogP contribution in [0.3, 0.4) is 0 Å². The highest BCUT2D eigenvalue weighted by molar-refractivity contribution is 7.13. The first-order valence-corrected chi connectivity index (χ1v) is 9.87. The van der Waals surface area contributed by atoms with Crippen LogP contribution in [0.4, 0.5) is 4.39 Å². The predicted molar refractivity (Wildman–Crippen MR) is 109 cm³/mol. The third kappa shape index (κ3) is 5.48. The second-order valence-corrected chi connectivity index (χ2v) is 7.87. The van der Waals surface area contributed by atoms with Gasteiger partial charge in [-0.25, -0.2) is 9.37 Å². The number of hydrogen-bond acceptors (Lipinski definition) is 5. The van der Waals surface area contributed by atoms with Gasteiger partial charge in [-0.1, -0.05) is 18.2 Å². The number of hydrogen-bond donors (Lipinski definition) is 1. The zero-order valence-corrected chi connectivity index (χ0v) is 16.6. The number of carboxylic acid groups (broad SMARTS) is 1. The molecule has 2 aromatic carbocycles. The summed E-state index contributed by atoms with van der Waals surface area (Å²) in [5, 5.41) is 12.1. The van der Waals surface area contributed by atoms with Crippen LogP contribution in [0.1, 0.15) is 19.0 Å². The minimum absolute atomic E-state index is 0.0336. The Morgan fingerprint density at radius 1 is 1.14 bits per heavy atom. The van der Waals surface area contributed by atoms with Gasteiger partial charge in [-0.15, -0.1) is 11.3 Å². The molecule has 0 fully saturated rings. The van der Waals surface area contributed by atoms with Crippen LogP contribution in [0.5, 0.6) is 5.75 Å². The van der Waals surface area contributed by atoms with E-state index in [9.17, 15) is 19.1 Å². The molecule has 0 radical (unpaired) electrons. The number of thiazole rings is 1. The van der Waals surface area contributed by atoms with Gasteiger partial charge in [0.1, 0.15) is 34.4 Å². The minimum Gasteiger partial charge on any atom is -0.492 e. The number of aliphatic carboxylic acids is 1. The standard InChI is InChI=1S/C22H20FNO4S/c1-22(21(26)27,14-28-19-5-3-2-4-6-19)12-18(25)11-17-13-29-20(24-17)15-7-9-16(23)10-8-15/h2-10,13H,11-12,14H2,1H3,(H,26,27). The summed E-state index contributed by atoms with van der Waals surface area (Å²) in [6.45, 7) is 1.39. The van der Waals surface area contributed by atoms with Crippen molar-refractivity contribution < 1.29 is 23.8 Å². The van der Waals surface area contributed by atoms with Crippen molar-refractivity contribution in [2.75, 3.05) is 6.61 Å². The topological polar surface area (TPSA) is 76.5 Å². The third-order valence-corrected chi connectivity index (χ3v) is 5.37. The van der Waals surface area contributed by atoms with E-state index in [1.54, 1.807) is 41.8 Å². The Kier molecular flexibility index (Phi) is 6.39. The van der Waals surface area contributed by atoms with Gasteiger partial charge >= 0.3 is 5.97 Å². The number of Topliss-reactive ketones (excluding diaryl/α,β-unsaturated/α-hetero) is 1. The fraction of sp³-hybridized carbons (Fsp3) is 0.227. The maximum absolute atomic E-state index is 13.1. The van der Waals surface area contributed by atoms with Gasteiger partial charge in [-0.2, -0.15) is 0 Å². The van der Waals surface area contributed by atoms with Crippen LogP contribution < -0.4 is 4.74 Å². The lowest BCUT2D eigenvalue weighted by atomic mass is 9.85. The van der Waals surface area contributed by atoms with Crippen molar-refractivity contribution in [3.8, 4) is 16.3 Å². The average molecular weight is 413 g/mol. The molecule has 1 N–H and O–H groups in total. The number of ether oxygens (including phenoxy) is 1. The van der Waals surface area contributed by atoms with E-state index in [1.807, 2.05) is 6.07 Å². The van der Waals surface area contributed by atoms with Gasteiger partial charge in [0, 0.05) is 23.8 Å². The molecule has 0 saturated carbocycles. The molecule has 5 nitrogen and oxygen atoms in total. The van der Waals surface area contributed by atoms with Gasteiger partial charge in [-0.3, -0.25) is 9.59 Å². The molecule has 0 bridgehead atoms. The first-order valence-electron chi connectivity index (χ1n) is 8.99. The summed E-state index contributed by atoms with van der Waals surface area (Å²) < 4.78 is 18.6. The number of halogens is 1. The van der Waals surface area contributed by atoms with Crippen molar-refractivity contribution >= 4 is 23.1 Å². The molecule has 0 saturated heterocycles. The second-order valence-electron chi connectivity index (χ2n) is 7.01. The molecule has 0 spiro atoms. The average Bonchev–Trinajstić information content (AvgIpc) is 3.16. The molecular weight excluding hydrogens is 393 g/mol. The molecular formula is C22H20FNO4S. The Bertz CT molecular complexity index is 988. The molecule has 0 aliphatic rings. The van der Waals surface area contributed by atoms with Crippen LogP contribution >= 0.6 is 11.3 Å². The highest BCUT2D eigenvalue weighted by atomic mass is 32.1. The SMILES string of the molecule is CC(COc1ccccc1)(CC(=O)Cc1csc(-c2ccc(F)cc2)n1)C(=O)O. The fourth-order valence-corrected chi connectivity index (χ4v) is 3.59. The molecule has 1 atom stereocenters. The lowest BCUT2D eigenvalue weighted by Gasteiger charge is -2.24. The van der Waals surface area contributed by atoms with Crippen LogP contribution in [0.15, 0.2) is 60.0 Å². The van der Waals surface area contributed by atoms with Crippen molar-refractivity contribution in [2.24, 2.45) is 5.41 Å². The minimum atomic E-state index is -1.34. The maximum atomic E-state index is 13.1. The number of carbonyl (C=O) groups excluding carboxylic acids is 1. The molecule has 29 heavy (non-hydrogen) atoms. The summed E-state index contributed by atoms with van der Waals surface area (Å²) >= 11 is 1.36. The molecule has 1 unspecified atom stereocenters. The van der Waals surface area contributed by atoms with Gasteiger partial charge in [0.2, 0.25) is 0 Å². The van der Waals surface area contributed by atoms with Crippen molar-refractivity contribution in [1.82, 2.24) is 4.98 Å². The predicted octanol–water partition coefficient (Wildman–Crippen LogP) is 4.62. The highest BCUT2D eigenvalue weighted by Crippen LogP contribution is 2.27. The number of carboxylic acids is 1. The van der Waals surface area contributed by atoms with Crippen LogP contribution in [0.25, 0.3) is 10.6 Å². The van der Waals surface area contributed by atoms with E-state index in [1.165, 1.54) is 30.4 Å². The Morgan fingerprint density at radius 2 is 1.83 bits per heavy atom. The van der Waals surface area contributed by atoms with E-state index in [4.69, 9.17) is 4.74 Å². The van der Waals surface area contributed by atoms with Gasteiger partial charge in [-0.05, 0) is 43.3 Å². The van der Waals surface area contributed by atoms with Crippen LogP contribution in [-0.4, -0.2) is 28.4 Å². The summed E-state index contributed by atoms with van der Waals surface area (Å²) in [7, 11) is 0. The molecule has 1 aromatic heterocycles. The summed E-state index contributed by atoms with van der Waals surface area (Å²) in [4.78, 5) is 28.7. The Labute approximate surface area is 171 Å². The molecule has 0 amide bonds. The van der Waals surface area contributed by atoms with Gasteiger partial charge < -0.3 is 9.84 Å². The number of rotatable bonds is 9. The summed E-state index contributed by atoms with van der Waals surface area (Å²) in [5.74, 6) is -1.10. The van der Waals surface area contributed by atoms with Crippen LogP contribution in [0, 0.1) is 11.2 Å². The van der Waals surface area contributed by atoms with E-state index >= 15 is 0 Å². The van der Waals surface area contributed by atoms with Crippen molar-refractivity contribution in [1.29, 1.82) is 0 Å². The Balaban J connectivity index is 1.63. The smallest absolute Gasteiger partial charge is 0.313 e. The van der Waals surface area contributed by atoms with Crippen LogP contribution in [-0.2, 0) is 16.0 Å². The zero-order valence-electron chi connectivity index (χ0n) is 15.8. The lowest BCUT2D eigenvalue weighted by molar-refractivity contribution is -0.152. The number of aromatic nitrogens is 1. The number of nitrogens with zero attached hydrogens (tertiary/aromatic N) is 1. The molecule has 3 aromatic rings. The molecule has 3 rings (SSSR count). The Hall–Kier alpha value is -3.06. The summed E-state index contributed by atoms with van der Waals surface area (Å²) in [6, 6.07) is 14.8. The second kappa shape index (κ2) is 8.96. The number of ketones is 1.